The summed E-state index contributed by atoms with van der Waals surface area (Å²) in [5.41, 5.74) is 2.67. The van der Waals surface area contributed by atoms with Gasteiger partial charge in [0.25, 0.3) is 0 Å². The predicted octanol–water partition coefficient (Wildman–Crippen LogP) is 4.64. The molecule has 0 N–H and O–H groups in total. The van der Waals surface area contributed by atoms with Crippen LogP contribution >= 0.6 is 11.3 Å². The third-order valence-electron chi connectivity index (χ3n) is 5.83. The Kier molecular flexibility index (Phi) is 4.28. The van der Waals surface area contributed by atoms with Gasteiger partial charge in [-0.25, -0.2) is 0 Å². The first-order valence-corrected chi connectivity index (χ1v) is 10.4. The van der Waals surface area contributed by atoms with Crippen LogP contribution in [0.15, 0.2) is 78.2 Å². The maximum absolute atomic E-state index is 13.6. The highest BCUT2D eigenvalue weighted by Gasteiger charge is 2.58. The summed E-state index contributed by atoms with van der Waals surface area (Å²) in [4.78, 5) is 28.3. The molecular weight excluding hydrogens is 384 g/mol. The van der Waals surface area contributed by atoms with Crippen LogP contribution in [-0.2, 0) is 0 Å². The van der Waals surface area contributed by atoms with Crippen LogP contribution in [0.5, 0.6) is 0 Å². The summed E-state index contributed by atoms with van der Waals surface area (Å²) in [5, 5.41) is 14.1. The molecule has 0 unspecified atom stereocenters. The molecule has 5 nitrogen and oxygen atoms in total. The molecule has 5 rings (SSSR count). The van der Waals surface area contributed by atoms with Gasteiger partial charge in [0.2, 0.25) is 6.04 Å². The van der Waals surface area contributed by atoms with Crippen LogP contribution < -0.4 is 4.90 Å². The van der Waals surface area contributed by atoms with Crippen molar-refractivity contribution in [1.82, 2.24) is 0 Å². The van der Waals surface area contributed by atoms with Gasteiger partial charge in [0.15, 0.2) is 5.78 Å². The van der Waals surface area contributed by atoms with Gasteiger partial charge < -0.3 is 4.90 Å². The summed E-state index contributed by atoms with van der Waals surface area (Å²) >= 11 is 1.38. The second kappa shape index (κ2) is 6.97. The second-order valence-corrected chi connectivity index (χ2v) is 8.26. The van der Waals surface area contributed by atoms with Crippen molar-refractivity contribution >= 4 is 28.9 Å². The van der Waals surface area contributed by atoms with Gasteiger partial charge >= 0.3 is 0 Å². The molecule has 0 saturated carbocycles. The number of fused-ring (bicyclic) bond motifs is 3. The Morgan fingerprint density at radius 1 is 1.00 bits per heavy atom. The zero-order chi connectivity index (χ0) is 20.0. The molecule has 6 heteroatoms. The number of thiophene rings is 1. The summed E-state index contributed by atoms with van der Waals surface area (Å²) in [5.74, 6) is -0.602. The molecule has 4 atom stereocenters. The molecule has 144 valence electrons. The van der Waals surface area contributed by atoms with Crippen LogP contribution in [0.4, 0.5) is 5.69 Å². The van der Waals surface area contributed by atoms with E-state index in [4.69, 9.17) is 0 Å². The van der Waals surface area contributed by atoms with Gasteiger partial charge in [-0.15, -0.1) is 11.3 Å². The Morgan fingerprint density at radius 3 is 2.48 bits per heavy atom. The number of Topliss-reactive ketones (excluding diaryl/α,β-unsaturated/α-hetero) is 1. The molecule has 3 heterocycles. The lowest BCUT2D eigenvalue weighted by atomic mass is 9.85. The average Bonchev–Trinajstić information content (AvgIpc) is 3.40. The number of carbonyl (C=O) groups is 1. The second-order valence-electron chi connectivity index (χ2n) is 7.31. The topological polar surface area (TPSA) is 63.4 Å². The van der Waals surface area contributed by atoms with Crippen LogP contribution in [0, 0.1) is 10.1 Å². The Morgan fingerprint density at radius 2 is 1.76 bits per heavy atom. The van der Waals surface area contributed by atoms with Crippen molar-refractivity contribution in [2.45, 2.75) is 24.0 Å². The highest BCUT2D eigenvalue weighted by Crippen LogP contribution is 2.47. The van der Waals surface area contributed by atoms with Crippen LogP contribution in [0.3, 0.4) is 0 Å². The smallest absolute Gasteiger partial charge is 0.245 e. The lowest BCUT2D eigenvalue weighted by Crippen LogP contribution is -2.44. The van der Waals surface area contributed by atoms with Crippen molar-refractivity contribution in [1.29, 1.82) is 0 Å². The van der Waals surface area contributed by atoms with Gasteiger partial charge in [-0.3, -0.25) is 14.9 Å². The number of rotatable bonds is 4. The van der Waals surface area contributed by atoms with Gasteiger partial charge in [-0.2, -0.15) is 0 Å². The van der Waals surface area contributed by atoms with E-state index in [1.807, 2.05) is 83.1 Å². The monoisotopic (exact) mass is 402 g/mol. The summed E-state index contributed by atoms with van der Waals surface area (Å²) in [6, 6.07) is 18.8. The summed E-state index contributed by atoms with van der Waals surface area (Å²) < 4.78 is 0. The maximum Gasteiger partial charge on any atom is 0.245 e. The quantitative estimate of drug-likeness (QED) is 0.362. The van der Waals surface area contributed by atoms with Crippen molar-refractivity contribution in [3.63, 3.8) is 0 Å². The molecule has 1 aromatic heterocycles. The maximum atomic E-state index is 13.6. The van der Waals surface area contributed by atoms with E-state index in [0.29, 0.717) is 4.88 Å². The molecule has 0 bridgehead atoms. The van der Waals surface area contributed by atoms with E-state index in [9.17, 15) is 14.9 Å². The van der Waals surface area contributed by atoms with Gasteiger partial charge in [0.05, 0.1) is 10.8 Å². The molecule has 2 aliphatic heterocycles. The van der Waals surface area contributed by atoms with E-state index in [1.165, 1.54) is 11.3 Å². The normalized spacial score (nSPS) is 24.8. The lowest BCUT2D eigenvalue weighted by molar-refractivity contribution is -0.524. The fourth-order valence-corrected chi connectivity index (χ4v) is 5.37. The lowest BCUT2D eigenvalue weighted by Gasteiger charge is -2.34. The van der Waals surface area contributed by atoms with Crippen molar-refractivity contribution in [3.8, 4) is 0 Å². The Balaban J connectivity index is 1.73. The van der Waals surface area contributed by atoms with E-state index in [-0.39, 0.29) is 10.7 Å². The number of carbonyl (C=O) groups excluding carboxylic acids is 1. The van der Waals surface area contributed by atoms with Gasteiger partial charge in [0.1, 0.15) is 12.1 Å². The number of ketones is 1. The van der Waals surface area contributed by atoms with E-state index >= 15 is 0 Å². The van der Waals surface area contributed by atoms with Crippen LogP contribution in [0.1, 0.15) is 26.7 Å². The van der Waals surface area contributed by atoms with Crippen LogP contribution in [-0.4, -0.2) is 28.8 Å². The number of para-hydroxylation sites is 1. The highest BCUT2D eigenvalue weighted by atomic mass is 32.1. The summed E-state index contributed by atoms with van der Waals surface area (Å²) in [6.07, 6.45) is 3.82. The Labute approximate surface area is 172 Å². The standard InChI is InChI=1S/C23H18N2O3S/c26-23(19-11-6-14-29-19)22-20(16-8-2-1-3-9-16)21(25(27)28)18-13-12-15-7-4-5-10-17(15)24(18)22/h1-14,18,20-22H/t18-,20+,21+,22-/m0/s1. The minimum absolute atomic E-state index is 0.0618. The van der Waals surface area contributed by atoms with Crippen molar-refractivity contribution < 1.29 is 9.72 Å². The Bertz CT molecular complexity index is 1090. The van der Waals surface area contributed by atoms with Gasteiger partial charge in [0, 0.05) is 10.6 Å². The minimum Gasteiger partial charge on any atom is -0.346 e. The van der Waals surface area contributed by atoms with Crippen molar-refractivity contribution in [2.24, 2.45) is 0 Å². The Hall–Kier alpha value is -3.25. The van der Waals surface area contributed by atoms with Gasteiger partial charge in [-0.05, 0) is 28.6 Å². The fraction of sp³-hybridized carbons (Fsp3) is 0.174. The van der Waals surface area contributed by atoms with Gasteiger partial charge in [-0.1, -0.05) is 66.7 Å². The van der Waals surface area contributed by atoms with E-state index in [0.717, 1.165) is 16.8 Å². The molecule has 29 heavy (non-hydrogen) atoms. The molecule has 2 aromatic carbocycles. The highest BCUT2D eigenvalue weighted by molar-refractivity contribution is 7.12. The van der Waals surface area contributed by atoms with E-state index in [2.05, 4.69) is 0 Å². The number of anilines is 1. The predicted molar refractivity (Wildman–Crippen MR) is 114 cm³/mol. The first-order chi connectivity index (χ1) is 14.2. The molecule has 0 amide bonds. The zero-order valence-electron chi connectivity index (χ0n) is 15.4. The van der Waals surface area contributed by atoms with E-state index < -0.39 is 24.0 Å². The molecule has 0 aliphatic carbocycles. The number of benzene rings is 2. The number of nitro groups is 1. The first-order valence-electron chi connectivity index (χ1n) is 9.48. The van der Waals surface area contributed by atoms with E-state index in [1.54, 1.807) is 6.07 Å². The third kappa shape index (κ3) is 2.79. The summed E-state index contributed by atoms with van der Waals surface area (Å²) in [6.45, 7) is 0. The molecule has 1 saturated heterocycles. The molecule has 0 spiro atoms. The van der Waals surface area contributed by atoms with Crippen molar-refractivity contribution in [2.75, 3.05) is 4.90 Å². The molecule has 3 aromatic rings. The number of hydrogen-bond acceptors (Lipinski definition) is 5. The zero-order valence-corrected chi connectivity index (χ0v) is 16.2. The summed E-state index contributed by atoms with van der Waals surface area (Å²) in [7, 11) is 0. The third-order valence-corrected chi connectivity index (χ3v) is 6.71. The average molecular weight is 402 g/mol. The van der Waals surface area contributed by atoms with Crippen molar-refractivity contribution in [3.05, 3.63) is 104 Å². The minimum atomic E-state index is -0.907. The van der Waals surface area contributed by atoms with Crippen LogP contribution in [0.25, 0.3) is 6.08 Å². The largest absolute Gasteiger partial charge is 0.346 e. The molecule has 2 aliphatic rings. The molecular formula is C23H18N2O3S. The number of hydrogen-bond donors (Lipinski definition) is 0. The molecule has 0 radical (unpaired) electrons. The first kappa shape index (κ1) is 17.8. The molecule has 1 fully saturated rings. The fourth-order valence-electron chi connectivity index (χ4n) is 4.67. The van der Waals surface area contributed by atoms with Crippen LogP contribution in [0.2, 0.25) is 0 Å². The number of nitrogens with zero attached hydrogens (tertiary/aromatic N) is 2. The SMILES string of the molecule is O=C(c1cccs1)[C@@H]1[C@H](c2ccccc2)[C@H]([N+](=O)[O-])[C@@H]2C=Cc3ccccc3N12.